The first-order valence-electron chi connectivity index (χ1n) is 8.63. The van der Waals surface area contributed by atoms with Crippen molar-refractivity contribution in [2.24, 2.45) is 0 Å². The number of nitrogens with one attached hydrogen (secondary N) is 3. The fourth-order valence-corrected chi connectivity index (χ4v) is 2.80. The Morgan fingerprint density at radius 1 is 0.967 bits per heavy atom. The topological polar surface area (TPSA) is 98.6 Å². The molecule has 0 bridgehead atoms. The van der Waals surface area contributed by atoms with Crippen LogP contribution in [0.15, 0.2) is 60.9 Å². The van der Waals surface area contributed by atoms with Gasteiger partial charge in [-0.15, -0.1) is 13.2 Å². The third-order valence-corrected chi connectivity index (χ3v) is 4.01. The molecule has 150 valence electrons. The zero-order chi connectivity index (χ0) is 21.1. The molecule has 0 aliphatic heterocycles. The molecule has 0 aliphatic carbocycles. The highest BCUT2D eigenvalue weighted by Crippen LogP contribution is 2.26. The number of aromatic amines is 1. The number of rotatable bonds is 5. The normalized spacial score (nSPS) is 11.1. The third kappa shape index (κ3) is 4.59. The Kier molecular flexibility index (Phi) is 4.85. The van der Waals surface area contributed by atoms with Gasteiger partial charge in [0, 0.05) is 35.2 Å². The van der Waals surface area contributed by atoms with Crippen LogP contribution in [0.3, 0.4) is 0 Å². The second-order valence-corrected chi connectivity index (χ2v) is 6.20. The van der Waals surface area contributed by atoms with Crippen molar-refractivity contribution in [1.29, 1.82) is 5.26 Å². The zero-order valence-corrected chi connectivity index (χ0v) is 15.2. The smallest absolute Gasteiger partial charge is 0.388 e. The van der Waals surface area contributed by atoms with Crippen LogP contribution in [0, 0.1) is 11.3 Å². The van der Waals surface area contributed by atoms with E-state index in [0.717, 1.165) is 22.7 Å². The Hall–Kier alpha value is -4.26. The van der Waals surface area contributed by atoms with Gasteiger partial charge in [0.2, 0.25) is 5.88 Å². The molecular weight excluding hydrogens is 397 g/mol. The van der Waals surface area contributed by atoms with E-state index in [2.05, 4.69) is 30.3 Å². The van der Waals surface area contributed by atoms with Gasteiger partial charge in [0.25, 0.3) is 0 Å². The van der Waals surface area contributed by atoms with Gasteiger partial charge in [0.15, 0.2) is 0 Å². The summed E-state index contributed by atoms with van der Waals surface area (Å²) in [4.78, 5) is 11.0. The first-order valence-corrected chi connectivity index (χ1v) is 8.63. The molecule has 0 spiro atoms. The number of alkyl halides is 3. The average molecular weight is 410 g/mol. The average Bonchev–Trinajstić information content (AvgIpc) is 3.16. The molecule has 10 heteroatoms. The Bertz CT molecular complexity index is 1230. The van der Waals surface area contributed by atoms with Crippen molar-refractivity contribution in [2.75, 3.05) is 10.6 Å². The van der Waals surface area contributed by atoms with Crippen LogP contribution in [0.25, 0.3) is 10.9 Å². The summed E-state index contributed by atoms with van der Waals surface area (Å²) in [5, 5.41) is 16.5. The maximum atomic E-state index is 12.2. The van der Waals surface area contributed by atoms with E-state index in [-0.39, 0.29) is 5.69 Å². The lowest BCUT2D eigenvalue weighted by molar-refractivity contribution is -0.276. The van der Waals surface area contributed by atoms with Crippen molar-refractivity contribution >= 4 is 33.8 Å². The molecule has 7 nitrogen and oxygen atoms in total. The molecular formula is C20H13F3N6O. The number of fused-ring (bicyclic) bond motifs is 1. The minimum atomic E-state index is -4.81. The summed E-state index contributed by atoms with van der Waals surface area (Å²) in [7, 11) is 0. The van der Waals surface area contributed by atoms with E-state index in [1.54, 1.807) is 6.07 Å². The fraction of sp³-hybridized carbons (Fsp3) is 0.0500. The second kappa shape index (κ2) is 7.63. The van der Waals surface area contributed by atoms with Gasteiger partial charge < -0.3 is 20.4 Å². The molecule has 0 unspecified atom stereocenters. The summed E-state index contributed by atoms with van der Waals surface area (Å²) >= 11 is 0. The molecule has 3 aromatic heterocycles. The van der Waals surface area contributed by atoms with Crippen LogP contribution in [0.5, 0.6) is 5.88 Å². The molecule has 3 N–H and O–H groups in total. The molecule has 4 aromatic rings. The van der Waals surface area contributed by atoms with E-state index in [4.69, 9.17) is 0 Å². The maximum absolute atomic E-state index is 12.2. The van der Waals surface area contributed by atoms with Crippen LogP contribution in [-0.4, -0.2) is 21.3 Å². The van der Waals surface area contributed by atoms with Crippen LogP contribution in [0.1, 0.15) is 5.69 Å². The summed E-state index contributed by atoms with van der Waals surface area (Å²) in [6.45, 7) is 0. The predicted molar refractivity (Wildman–Crippen MR) is 105 cm³/mol. The fourth-order valence-electron chi connectivity index (χ4n) is 2.80. The van der Waals surface area contributed by atoms with Gasteiger partial charge in [-0.05, 0) is 35.7 Å². The monoisotopic (exact) mass is 410 g/mol. The number of nitriles is 1. The molecule has 0 radical (unpaired) electrons. The van der Waals surface area contributed by atoms with Crippen LogP contribution in [0.4, 0.5) is 36.1 Å². The number of hydrogen-bond acceptors (Lipinski definition) is 6. The highest BCUT2D eigenvalue weighted by atomic mass is 19.4. The number of halogens is 3. The Labute approximate surface area is 168 Å². The number of nitrogens with zero attached hydrogens (tertiary/aromatic N) is 3. The molecule has 0 amide bonds. The minimum Gasteiger partial charge on any atom is -0.388 e. The highest BCUT2D eigenvalue weighted by Gasteiger charge is 2.31. The molecule has 3 heterocycles. The standard InChI is InChI=1S/C20H13F3N6O/c21-20(22,23)30-19-4-3-14(11-26-19)27-15-7-16(10-24)29-18(9-15)28-13-2-1-12-5-6-25-17(12)8-13/h1-9,11,25H,(H2,27,28,29). The van der Waals surface area contributed by atoms with Gasteiger partial charge in [-0.2, -0.15) is 5.26 Å². The van der Waals surface area contributed by atoms with Gasteiger partial charge in [-0.25, -0.2) is 9.97 Å². The third-order valence-electron chi connectivity index (χ3n) is 4.01. The Morgan fingerprint density at radius 3 is 2.53 bits per heavy atom. The van der Waals surface area contributed by atoms with Crippen LogP contribution in [0.2, 0.25) is 0 Å². The minimum absolute atomic E-state index is 0.161. The number of benzene rings is 1. The quantitative estimate of drug-likeness (QED) is 0.418. The molecule has 0 fully saturated rings. The van der Waals surface area contributed by atoms with Gasteiger partial charge in [-0.1, -0.05) is 6.07 Å². The highest BCUT2D eigenvalue weighted by molar-refractivity contribution is 5.83. The van der Waals surface area contributed by atoms with E-state index in [1.807, 2.05) is 36.5 Å². The Balaban J connectivity index is 1.54. The molecule has 0 atom stereocenters. The van der Waals surface area contributed by atoms with Gasteiger partial charge in [-0.3, -0.25) is 0 Å². The number of H-pyrrole nitrogens is 1. The molecule has 30 heavy (non-hydrogen) atoms. The lowest BCUT2D eigenvalue weighted by atomic mass is 10.2. The SMILES string of the molecule is N#Cc1cc(Nc2ccc(OC(F)(F)F)nc2)cc(Nc2ccc3cc[nH]c3c2)n1. The molecule has 0 saturated heterocycles. The molecule has 4 rings (SSSR count). The van der Waals surface area contributed by atoms with Crippen molar-refractivity contribution in [2.45, 2.75) is 6.36 Å². The summed E-state index contributed by atoms with van der Waals surface area (Å²) < 4.78 is 40.5. The largest absolute Gasteiger partial charge is 0.574 e. The molecule has 0 aliphatic rings. The van der Waals surface area contributed by atoms with Crippen molar-refractivity contribution in [1.82, 2.24) is 15.0 Å². The lowest BCUT2D eigenvalue weighted by Gasteiger charge is -2.11. The van der Waals surface area contributed by atoms with Gasteiger partial charge >= 0.3 is 6.36 Å². The maximum Gasteiger partial charge on any atom is 0.574 e. The summed E-state index contributed by atoms with van der Waals surface area (Å²) in [5.41, 5.74) is 2.80. The molecule has 0 saturated carbocycles. The van der Waals surface area contributed by atoms with E-state index in [9.17, 15) is 18.4 Å². The van der Waals surface area contributed by atoms with Gasteiger partial charge in [0.05, 0.1) is 11.9 Å². The first-order chi connectivity index (χ1) is 14.4. The first kappa shape index (κ1) is 19.1. The van der Waals surface area contributed by atoms with Crippen molar-refractivity contribution in [3.05, 3.63) is 66.6 Å². The van der Waals surface area contributed by atoms with Crippen LogP contribution in [-0.2, 0) is 0 Å². The van der Waals surface area contributed by atoms with Crippen molar-refractivity contribution in [3.8, 4) is 11.9 Å². The zero-order valence-electron chi connectivity index (χ0n) is 15.2. The number of ether oxygens (including phenoxy) is 1. The summed E-state index contributed by atoms with van der Waals surface area (Å²) in [5.74, 6) is -0.144. The van der Waals surface area contributed by atoms with Crippen molar-refractivity contribution in [3.63, 3.8) is 0 Å². The predicted octanol–water partition coefficient (Wildman–Crippen LogP) is 5.22. The Morgan fingerprint density at radius 2 is 1.80 bits per heavy atom. The number of aromatic nitrogens is 3. The van der Waals surface area contributed by atoms with Crippen LogP contribution < -0.4 is 15.4 Å². The second-order valence-electron chi connectivity index (χ2n) is 6.20. The number of hydrogen-bond donors (Lipinski definition) is 3. The van der Waals surface area contributed by atoms with E-state index in [1.165, 1.54) is 18.3 Å². The van der Waals surface area contributed by atoms with Crippen molar-refractivity contribution < 1.29 is 17.9 Å². The summed E-state index contributed by atoms with van der Waals surface area (Å²) in [6, 6.07) is 15.3. The number of pyridine rings is 2. The van der Waals surface area contributed by atoms with Crippen LogP contribution >= 0.6 is 0 Å². The summed E-state index contributed by atoms with van der Waals surface area (Å²) in [6.07, 6.45) is -1.78. The van der Waals surface area contributed by atoms with E-state index < -0.39 is 12.2 Å². The van der Waals surface area contributed by atoms with E-state index in [0.29, 0.717) is 17.2 Å². The number of anilines is 4. The lowest BCUT2D eigenvalue weighted by Crippen LogP contribution is -2.17. The van der Waals surface area contributed by atoms with Gasteiger partial charge in [0.1, 0.15) is 17.6 Å². The van der Waals surface area contributed by atoms with E-state index >= 15 is 0 Å². The molecule has 1 aromatic carbocycles.